The summed E-state index contributed by atoms with van der Waals surface area (Å²) in [4.78, 5) is 8.35. The average Bonchev–Trinajstić information content (AvgIpc) is 2.56. The topological polar surface area (TPSA) is 58.5 Å². The maximum atomic E-state index is 13.6. The van der Waals surface area contributed by atoms with E-state index >= 15 is 0 Å². The lowest BCUT2D eigenvalue weighted by molar-refractivity contribution is 0.386. The second-order valence-electron chi connectivity index (χ2n) is 4.57. The molecule has 1 aromatic carbocycles. The predicted molar refractivity (Wildman–Crippen MR) is 84.2 cm³/mol. The van der Waals surface area contributed by atoms with Gasteiger partial charge in [-0.2, -0.15) is 0 Å². The minimum absolute atomic E-state index is 0.237. The lowest BCUT2D eigenvalue weighted by Crippen LogP contribution is -2.36. The van der Waals surface area contributed by atoms with E-state index in [9.17, 15) is 4.39 Å². The molecule has 0 bridgehead atoms. The van der Waals surface area contributed by atoms with Crippen molar-refractivity contribution < 1.29 is 9.13 Å². The SMILES string of the molecule is CN=C(NCc1ccc(OC)c(F)c1)NCc1ccccn1. The molecule has 0 spiro atoms. The highest BCUT2D eigenvalue weighted by Crippen LogP contribution is 2.17. The Kier molecular flexibility index (Phi) is 5.71. The monoisotopic (exact) mass is 302 g/mol. The first-order valence-electron chi connectivity index (χ1n) is 6.89. The summed E-state index contributed by atoms with van der Waals surface area (Å²) < 4.78 is 18.5. The molecule has 22 heavy (non-hydrogen) atoms. The Hall–Kier alpha value is -2.63. The van der Waals surface area contributed by atoms with Crippen LogP contribution in [0.15, 0.2) is 47.6 Å². The van der Waals surface area contributed by atoms with E-state index in [1.165, 1.54) is 13.2 Å². The van der Waals surface area contributed by atoms with Gasteiger partial charge >= 0.3 is 0 Å². The second-order valence-corrected chi connectivity index (χ2v) is 4.57. The van der Waals surface area contributed by atoms with Gasteiger partial charge in [-0.15, -0.1) is 0 Å². The number of benzene rings is 1. The van der Waals surface area contributed by atoms with Gasteiger partial charge in [0.1, 0.15) is 0 Å². The van der Waals surface area contributed by atoms with Crippen LogP contribution in [-0.4, -0.2) is 25.1 Å². The van der Waals surface area contributed by atoms with Crippen LogP contribution in [0.3, 0.4) is 0 Å². The summed E-state index contributed by atoms with van der Waals surface area (Å²) in [5, 5.41) is 6.28. The summed E-state index contributed by atoms with van der Waals surface area (Å²) in [5.41, 5.74) is 1.72. The van der Waals surface area contributed by atoms with Crippen LogP contribution in [-0.2, 0) is 13.1 Å². The molecule has 2 rings (SSSR count). The number of aliphatic imine (C=N–C) groups is 1. The molecule has 0 fully saturated rings. The third-order valence-corrected chi connectivity index (χ3v) is 3.06. The first kappa shape index (κ1) is 15.8. The van der Waals surface area contributed by atoms with Crippen molar-refractivity contribution in [3.63, 3.8) is 0 Å². The maximum Gasteiger partial charge on any atom is 0.191 e. The van der Waals surface area contributed by atoms with Crippen LogP contribution < -0.4 is 15.4 Å². The number of rotatable bonds is 5. The molecule has 0 aliphatic rings. The number of guanidine groups is 1. The zero-order chi connectivity index (χ0) is 15.8. The zero-order valence-corrected chi connectivity index (χ0v) is 12.6. The lowest BCUT2D eigenvalue weighted by Gasteiger charge is -2.12. The number of ether oxygens (including phenoxy) is 1. The van der Waals surface area contributed by atoms with E-state index in [1.54, 1.807) is 25.4 Å². The fraction of sp³-hybridized carbons (Fsp3) is 0.250. The third-order valence-electron chi connectivity index (χ3n) is 3.06. The molecule has 6 heteroatoms. The Morgan fingerprint density at radius 3 is 2.68 bits per heavy atom. The molecule has 1 heterocycles. The van der Waals surface area contributed by atoms with Gasteiger partial charge < -0.3 is 15.4 Å². The van der Waals surface area contributed by atoms with Gasteiger partial charge in [0.25, 0.3) is 0 Å². The highest BCUT2D eigenvalue weighted by atomic mass is 19.1. The fourth-order valence-corrected chi connectivity index (χ4v) is 1.90. The number of nitrogens with zero attached hydrogens (tertiary/aromatic N) is 2. The van der Waals surface area contributed by atoms with E-state index in [0.717, 1.165) is 11.3 Å². The molecule has 0 unspecified atom stereocenters. The smallest absolute Gasteiger partial charge is 0.191 e. The molecular weight excluding hydrogens is 283 g/mol. The van der Waals surface area contributed by atoms with Gasteiger partial charge in [0.05, 0.1) is 19.3 Å². The first-order valence-corrected chi connectivity index (χ1v) is 6.89. The molecule has 1 aromatic heterocycles. The summed E-state index contributed by atoms with van der Waals surface area (Å²) in [5.74, 6) is 0.488. The normalized spacial score (nSPS) is 11.1. The number of nitrogens with one attached hydrogen (secondary N) is 2. The van der Waals surface area contributed by atoms with E-state index < -0.39 is 0 Å². The number of halogens is 1. The Morgan fingerprint density at radius 1 is 1.23 bits per heavy atom. The number of hydrogen-bond donors (Lipinski definition) is 2. The molecule has 116 valence electrons. The van der Waals surface area contributed by atoms with Crippen LogP contribution in [0.5, 0.6) is 5.75 Å². The van der Waals surface area contributed by atoms with Crippen molar-refractivity contribution in [3.05, 3.63) is 59.7 Å². The molecule has 0 atom stereocenters. The minimum Gasteiger partial charge on any atom is -0.494 e. The van der Waals surface area contributed by atoms with E-state index in [0.29, 0.717) is 19.0 Å². The van der Waals surface area contributed by atoms with Gasteiger partial charge in [-0.05, 0) is 29.8 Å². The summed E-state index contributed by atoms with van der Waals surface area (Å²) >= 11 is 0. The second kappa shape index (κ2) is 7.97. The molecule has 0 saturated carbocycles. The molecule has 2 N–H and O–H groups in total. The zero-order valence-electron chi connectivity index (χ0n) is 12.6. The van der Waals surface area contributed by atoms with Crippen LogP contribution in [0.2, 0.25) is 0 Å². The van der Waals surface area contributed by atoms with E-state index in [4.69, 9.17) is 4.74 Å². The van der Waals surface area contributed by atoms with Crippen molar-refractivity contribution in [3.8, 4) is 5.75 Å². The van der Waals surface area contributed by atoms with Gasteiger partial charge in [-0.1, -0.05) is 12.1 Å². The van der Waals surface area contributed by atoms with Crippen molar-refractivity contribution in [2.24, 2.45) is 4.99 Å². The molecule has 0 aliphatic heterocycles. The average molecular weight is 302 g/mol. The molecule has 2 aromatic rings. The number of aromatic nitrogens is 1. The summed E-state index contributed by atoms with van der Waals surface area (Å²) in [6.45, 7) is 1.03. The van der Waals surface area contributed by atoms with Crippen molar-refractivity contribution in [1.29, 1.82) is 0 Å². The van der Waals surface area contributed by atoms with Gasteiger partial charge in [-0.25, -0.2) is 4.39 Å². The van der Waals surface area contributed by atoms with Gasteiger partial charge in [0.2, 0.25) is 0 Å². The van der Waals surface area contributed by atoms with Crippen LogP contribution in [0.25, 0.3) is 0 Å². The highest BCUT2D eigenvalue weighted by Gasteiger charge is 2.04. The lowest BCUT2D eigenvalue weighted by atomic mass is 10.2. The number of pyridine rings is 1. The van der Waals surface area contributed by atoms with Crippen molar-refractivity contribution in [2.45, 2.75) is 13.1 Å². The predicted octanol–water partition coefficient (Wildman–Crippen LogP) is 2.09. The summed E-state index contributed by atoms with van der Waals surface area (Å²) in [6.07, 6.45) is 1.74. The molecule has 0 saturated heterocycles. The van der Waals surface area contributed by atoms with Crippen molar-refractivity contribution in [1.82, 2.24) is 15.6 Å². The third kappa shape index (κ3) is 4.44. The van der Waals surface area contributed by atoms with Crippen LogP contribution in [0, 0.1) is 5.82 Å². The Labute approximate surface area is 129 Å². The molecule has 0 aliphatic carbocycles. The van der Waals surface area contributed by atoms with E-state index in [1.807, 2.05) is 18.2 Å². The fourth-order valence-electron chi connectivity index (χ4n) is 1.90. The Balaban J connectivity index is 1.87. The van der Waals surface area contributed by atoms with Crippen LogP contribution >= 0.6 is 0 Å². The summed E-state index contributed by atoms with van der Waals surface area (Å²) in [7, 11) is 3.13. The van der Waals surface area contributed by atoms with E-state index in [-0.39, 0.29) is 11.6 Å². The van der Waals surface area contributed by atoms with Gasteiger partial charge in [0.15, 0.2) is 17.5 Å². The maximum absolute atomic E-state index is 13.6. The standard InChI is InChI=1S/C16H19FN4O/c1-18-16(21-11-13-5-3-4-8-19-13)20-10-12-6-7-15(22-2)14(17)9-12/h3-9H,10-11H2,1-2H3,(H2,18,20,21). The first-order chi connectivity index (χ1) is 10.7. The Bertz CT molecular complexity index is 631. The van der Waals surface area contributed by atoms with Crippen LogP contribution in [0.4, 0.5) is 4.39 Å². The number of methoxy groups -OCH3 is 1. The quantitative estimate of drug-likeness (QED) is 0.656. The Morgan fingerprint density at radius 2 is 2.05 bits per heavy atom. The van der Waals surface area contributed by atoms with Crippen molar-refractivity contribution >= 4 is 5.96 Å². The number of hydrogen-bond acceptors (Lipinski definition) is 3. The van der Waals surface area contributed by atoms with Gasteiger partial charge in [-0.3, -0.25) is 9.98 Å². The molecule has 0 amide bonds. The van der Waals surface area contributed by atoms with Gasteiger partial charge in [0, 0.05) is 19.8 Å². The van der Waals surface area contributed by atoms with E-state index in [2.05, 4.69) is 20.6 Å². The highest BCUT2D eigenvalue weighted by molar-refractivity contribution is 5.79. The summed E-state index contributed by atoms with van der Waals surface area (Å²) in [6, 6.07) is 10.6. The van der Waals surface area contributed by atoms with Crippen LogP contribution in [0.1, 0.15) is 11.3 Å². The molecular formula is C16H19FN4O. The van der Waals surface area contributed by atoms with Crippen molar-refractivity contribution in [2.75, 3.05) is 14.2 Å². The molecule has 5 nitrogen and oxygen atoms in total. The largest absolute Gasteiger partial charge is 0.494 e. The molecule has 0 radical (unpaired) electrons. The minimum atomic E-state index is -0.377.